The Balaban J connectivity index is 4.79. The minimum atomic E-state index is -0.405. The van der Waals surface area contributed by atoms with Crippen molar-refractivity contribution in [1.29, 1.82) is 0 Å². The fourth-order valence-corrected chi connectivity index (χ4v) is 2.33. The van der Waals surface area contributed by atoms with Gasteiger partial charge in [0, 0.05) is 37.5 Å². The van der Waals surface area contributed by atoms with Gasteiger partial charge in [-0.2, -0.15) is 0 Å². The van der Waals surface area contributed by atoms with E-state index in [1.807, 2.05) is 20.8 Å². The number of Topliss-reactive ketones (excluding diaryl/α,β-unsaturated/α-hetero) is 3. The van der Waals surface area contributed by atoms with Crippen LogP contribution in [0.25, 0.3) is 0 Å². The van der Waals surface area contributed by atoms with Crippen LogP contribution in [-0.2, 0) is 14.4 Å². The Hall–Kier alpha value is -0.990. The molecule has 0 radical (unpaired) electrons. The molecule has 0 aliphatic heterocycles. The number of rotatable bonds is 11. The average molecular weight is 268 g/mol. The first-order valence-corrected chi connectivity index (χ1v) is 7.54. The maximum atomic E-state index is 12.1. The Morgan fingerprint density at radius 1 is 0.789 bits per heavy atom. The molecule has 3 heteroatoms. The van der Waals surface area contributed by atoms with Crippen molar-refractivity contribution in [3.05, 3.63) is 0 Å². The van der Waals surface area contributed by atoms with Gasteiger partial charge in [-0.1, -0.05) is 27.7 Å². The third-order valence-electron chi connectivity index (χ3n) is 3.49. The Bertz CT molecular complexity index is 307. The highest BCUT2D eigenvalue weighted by Gasteiger charge is 2.30. The van der Waals surface area contributed by atoms with Gasteiger partial charge in [0.15, 0.2) is 0 Å². The van der Waals surface area contributed by atoms with Crippen molar-refractivity contribution in [2.45, 2.75) is 72.6 Å². The molecule has 110 valence electrons. The molecule has 0 saturated carbocycles. The van der Waals surface area contributed by atoms with Crippen molar-refractivity contribution >= 4 is 17.3 Å². The Morgan fingerprint density at radius 3 is 1.74 bits per heavy atom. The van der Waals surface area contributed by atoms with Crippen LogP contribution in [0, 0.1) is 11.8 Å². The summed E-state index contributed by atoms with van der Waals surface area (Å²) in [5.74, 6) is -0.434. The molecule has 0 aromatic heterocycles. The number of carbonyl (C=O) groups is 3. The van der Waals surface area contributed by atoms with Crippen LogP contribution in [0.1, 0.15) is 72.6 Å². The number of ketones is 3. The van der Waals surface area contributed by atoms with E-state index in [-0.39, 0.29) is 29.7 Å². The summed E-state index contributed by atoms with van der Waals surface area (Å²) >= 11 is 0. The number of hydrogen-bond donors (Lipinski definition) is 0. The highest BCUT2D eigenvalue weighted by Crippen LogP contribution is 2.23. The zero-order chi connectivity index (χ0) is 14.8. The van der Waals surface area contributed by atoms with Crippen molar-refractivity contribution in [3.8, 4) is 0 Å². The molecule has 3 nitrogen and oxygen atoms in total. The summed E-state index contributed by atoms with van der Waals surface area (Å²) < 4.78 is 0. The molecule has 0 bridgehead atoms. The topological polar surface area (TPSA) is 51.2 Å². The largest absolute Gasteiger partial charge is 0.300 e. The van der Waals surface area contributed by atoms with E-state index >= 15 is 0 Å². The molecular weight excluding hydrogens is 240 g/mol. The molecule has 0 aromatic carbocycles. The molecule has 0 rings (SSSR count). The van der Waals surface area contributed by atoms with Crippen molar-refractivity contribution < 1.29 is 14.4 Å². The van der Waals surface area contributed by atoms with E-state index in [1.165, 1.54) is 0 Å². The Kier molecular flexibility index (Phi) is 9.36. The summed E-state index contributed by atoms with van der Waals surface area (Å²) in [7, 11) is 0. The van der Waals surface area contributed by atoms with Gasteiger partial charge in [0.25, 0.3) is 0 Å². The lowest BCUT2D eigenvalue weighted by molar-refractivity contribution is -0.134. The predicted molar refractivity (Wildman–Crippen MR) is 77.0 cm³/mol. The molecule has 0 heterocycles. The monoisotopic (exact) mass is 268 g/mol. The maximum absolute atomic E-state index is 12.1. The second-order valence-electron chi connectivity index (χ2n) is 5.32. The molecule has 0 aromatic rings. The van der Waals surface area contributed by atoms with Gasteiger partial charge >= 0.3 is 0 Å². The van der Waals surface area contributed by atoms with Gasteiger partial charge in [0.1, 0.15) is 17.3 Å². The maximum Gasteiger partial charge on any atom is 0.137 e. The fraction of sp³-hybridized carbons (Fsp3) is 0.812. The van der Waals surface area contributed by atoms with Crippen LogP contribution < -0.4 is 0 Å². The van der Waals surface area contributed by atoms with E-state index in [2.05, 4.69) is 0 Å². The molecule has 2 unspecified atom stereocenters. The zero-order valence-corrected chi connectivity index (χ0v) is 12.8. The smallest absolute Gasteiger partial charge is 0.137 e. The summed E-state index contributed by atoms with van der Waals surface area (Å²) in [4.78, 5) is 35.9. The summed E-state index contributed by atoms with van der Waals surface area (Å²) in [6, 6.07) is 0. The van der Waals surface area contributed by atoms with Crippen LogP contribution in [0.5, 0.6) is 0 Å². The van der Waals surface area contributed by atoms with E-state index in [0.29, 0.717) is 19.3 Å². The number of hydrogen-bond acceptors (Lipinski definition) is 3. The predicted octanol–water partition coefficient (Wildman–Crippen LogP) is 3.74. The molecule has 0 aliphatic carbocycles. The molecule has 2 atom stereocenters. The standard InChI is InChI=1S/C16H28O3/c1-5-8-13(17)11-14(16(19)10-7-3)12(4)15(18)9-6-2/h12,14H,5-11H2,1-4H3. The summed E-state index contributed by atoms with van der Waals surface area (Å²) in [5.41, 5.74) is 0. The van der Waals surface area contributed by atoms with E-state index in [0.717, 1.165) is 19.3 Å². The number of carbonyl (C=O) groups excluding carboxylic acids is 3. The van der Waals surface area contributed by atoms with Gasteiger partial charge in [0.05, 0.1) is 0 Å². The van der Waals surface area contributed by atoms with Crippen LogP contribution in [0.3, 0.4) is 0 Å². The van der Waals surface area contributed by atoms with Crippen LogP contribution in [0.15, 0.2) is 0 Å². The van der Waals surface area contributed by atoms with Gasteiger partial charge < -0.3 is 0 Å². The Morgan fingerprint density at radius 2 is 1.26 bits per heavy atom. The van der Waals surface area contributed by atoms with E-state index in [1.54, 1.807) is 6.92 Å². The Labute approximate surface area is 117 Å². The van der Waals surface area contributed by atoms with Gasteiger partial charge in [-0.15, -0.1) is 0 Å². The van der Waals surface area contributed by atoms with Crippen LogP contribution in [0.2, 0.25) is 0 Å². The molecule has 0 fully saturated rings. The van der Waals surface area contributed by atoms with Crippen LogP contribution in [0.4, 0.5) is 0 Å². The van der Waals surface area contributed by atoms with E-state index in [9.17, 15) is 14.4 Å². The van der Waals surface area contributed by atoms with Crippen LogP contribution >= 0.6 is 0 Å². The molecule has 0 amide bonds. The zero-order valence-electron chi connectivity index (χ0n) is 12.8. The third-order valence-corrected chi connectivity index (χ3v) is 3.49. The van der Waals surface area contributed by atoms with Crippen molar-refractivity contribution in [3.63, 3.8) is 0 Å². The second-order valence-corrected chi connectivity index (χ2v) is 5.32. The third kappa shape index (κ3) is 6.65. The SMILES string of the molecule is CCCC(=O)CC(C(=O)CCC)C(C)C(=O)CCC. The van der Waals surface area contributed by atoms with Crippen molar-refractivity contribution in [2.24, 2.45) is 11.8 Å². The summed E-state index contributed by atoms with van der Waals surface area (Å²) in [5, 5.41) is 0. The molecule has 19 heavy (non-hydrogen) atoms. The summed E-state index contributed by atoms with van der Waals surface area (Å²) in [6.07, 6.45) is 4.07. The second kappa shape index (κ2) is 9.88. The molecular formula is C16H28O3. The quantitative estimate of drug-likeness (QED) is 0.573. The highest BCUT2D eigenvalue weighted by atomic mass is 16.1. The lowest BCUT2D eigenvalue weighted by Crippen LogP contribution is -2.30. The molecule has 0 spiro atoms. The van der Waals surface area contributed by atoms with Gasteiger partial charge in [-0.3, -0.25) is 14.4 Å². The van der Waals surface area contributed by atoms with Crippen LogP contribution in [-0.4, -0.2) is 17.3 Å². The van der Waals surface area contributed by atoms with Gasteiger partial charge in [-0.25, -0.2) is 0 Å². The summed E-state index contributed by atoms with van der Waals surface area (Å²) in [6.45, 7) is 7.65. The minimum Gasteiger partial charge on any atom is -0.300 e. The highest BCUT2D eigenvalue weighted by molar-refractivity contribution is 5.93. The first-order chi connectivity index (χ1) is 8.97. The van der Waals surface area contributed by atoms with E-state index in [4.69, 9.17) is 0 Å². The van der Waals surface area contributed by atoms with Crippen molar-refractivity contribution in [1.82, 2.24) is 0 Å². The van der Waals surface area contributed by atoms with Gasteiger partial charge in [-0.05, 0) is 19.3 Å². The lowest BCUT2D eigenvalue weighted by Gasteiger charge is -2.21. The van der Waals surface area contributed by atoms with E-state index < -0.39 is 5.92 Å². The molecule has 0 N–H and O–H groups in total. The lowest BCUT2D eigenvalue weighted by atomic mass is 9.80. The average Bonchev–Trinajstić information content (AvgIpc) is 2.36. The van der Waals surface area contributed by atoms with Gasteiger partial charge in [0.2, 0.25) is 0 Å². The first kappa shape index (κ1) is 18.0. The fourth-order valence-electron chi connectivity index (χ4n) is 2.33. The minimum absolute atomic E-state index is 0.0731. The molecule has 0 saturated heterocycles. The normalized spacial score (nSPS) is 13.9. The van der Waals surface area contributed by atoms with Crippen molar-refractivity contribution in [2.75, 3.05) is 0 Å². The first-order valence-electron chi connectivity index (χ1n) is 7.54. The molecule has 0 aliphatic rings.